The predicted octanol–water partition coefficient (Wildman–Crippen LogP) is 10.3. The molecular formula is C64H75Cl4F3N5O23PS2. The molecular weight excluding hydrogens is 1500 g/mol. The molecule has 1 heterocycles. The highest BCUT2D eigenvalue weighted by Crippen LogP contribution is 2.39. The van der Waals surface area contributed by atoms with Crippen molar-refractivity contribution in [2.24, 2.45) is 5.92 Å². The average Bonchev–Trinajstić information content (AvgIpc) is 0.807. The van der Waals surface area contributed by atoms with Gasteiger partial charge in [0.05, 0.1) is 99.2 Å². The number of nitro groups is 2. The number of para-hydroxylation sites is 3. The molecule has 3 N–H and O–H groups in total. The maximum Gasteiger partial charge on any atom is 0.416 e. The van der Waals surface area contributed by atoms with Gasteiger partial charge in [0.1, 0.15) is 48.8 Å². The Labute approximate surface area is 608 Å². The first-order valence-electron chi connectivity index (χ1n) is 29.9. The molecule has 560 valence electrons. The first-order chi connectivity index (χ1) is 47.5. The van der Waals surface area contributed by atoms with Gasteiger partial charge in [-0.25, -0.2) is 18.0 Å². The molecule has 1 saturated carbocycles. The largest absolute Gasteiger partial charge is 0.778 e. The number of aliphatic carboxylic acids is 1. The number of carbonyl (C=O) groups is 8. The van der Waals surface area contributed by atoms with Crippen LogP contribution in [0.1, 0.15) is 84.4 Å². The summed E-state index contributed by atoms with van der Waals surface area (Å²) in [6.45, 7) is 9.25. The van der Waals surface area contributed by atoms with Crippen molar-refractivity contribution in [1.29, 1.82) is 0 Å². The Balaban J connectivity index is 0.000000443. The maximum absolute atomic E-state index is 12.7. The number of nitrogens with one attached hydrogen (secondary N) is 1. The lowest BCUT2D eigenvalue weighted by atomic mass is 9.81. The second kappa shape index (κ2) is 42.7. The van der Waals surface area contributed by atoms with E-state index >= 15 is 0 Å². The molecule has 0 saturated heterocycles. The van der Waals surface area contributed by atoms with Gasteiger partial charge in [0, 0.05) is 44.4 Å². The molecule has 0 bridgehead atoms. The molecule has 1 aliphatic heterocycles. The number of ketones is 3. The van der Waals surface area contributed by atoms with Crippen molar-refractivity contribution in [3.8, 4) is 17.2 Å². The van der Waals surface area contributed by atoms with Gasteiger partial charge in [0.2, 0.25) is 5.91 Å². The Morgan fingerprint density at radius 2 is 1.50 bits per heavy atom. The van der Waals surface area contributed by atoms with Crippen molar-refractivity contribution >= 4 is 145 Å². The number of amides is 2. The third-order valence-corrected chi connectivity index (χ3v) is 16.0. The van der Waals surface area contributed by atoms with Crippen molar-refractivity contribution in [1.82, 2.24) is 5.32 Å². The monoisotopic (exact) mass is 1570 g/mol. The molecule has 0 radical (unpaired) electrons. The summed E-state index contributed by atoms with van der Waals surface area (Å²) in [5.41, 5.74) is 0.603. The Kier molecular flexibility index (Phi) is 37.8. The average molecular weight is 1580 g/mol. The van der Waals surface area contributed by atoms with Gasteiger partial charge in [0.25, 0.3) is 17.3 Å². The summed E-state index contributed by atoms with van der Waals surface area (Å²) in [4.78, 5) is 134. The zero-order chi connectivity index (χ0) is 77.7. The number of carboxylic acid groups (broad SMARTS) is 1. The Morgan fingerprint density at radius 3 is 2.01 bits per heavy atom. The van der Waals surface area contributed by atoms with Gasteiger partial charge in [-0.15, -0.1) is 11.6 Å². The number of halogens is 7. The molecule has 3 unspecified atom stereocenters. The second-order valence-electron chi connectivity index (χ2n) is 22.0. The highest BCUT2D eigenvalue weighted by atomic mass is 35.5. The summed E-state index contributed by atoms with van der Waals surface area (Å²) in [5, 5.41) is 31.9. The van der Waals surface area contributed by atoms with E-state index in [1.807, 2.05) is 62.5 Å². The number of methoxy groups -OCH3 is 1. The van der Waals surface area contributed by atoms with Crippen LogP contribution in [0.2, 0.25) is 5.02 Å². The fourth-order valence-electron chi connectivity index (χ4n) is 9.01. The highest BCUT2D eigenvalue weighted by molar-refractivity contribution is 7.94. The number of benzene rings is 5. The number of carbonyl (C=O) groups excluding carboxylic acids is 7. The number of anilines is 2. The van der Waals surface area contributed by atoms with Crippen LogP contribution in [-0.2, 0) is 80.9 Å². The van der Waals surface area contributed by atoms with Crippen LogP contribution in [-0.4, -0.2) is 170 Å². The van der Waals surface area contributed by atoms with Crippen molar-refractivity contribution in [3.63, 3.8) is 0 Å². The van der Waals surface area contributed by atoms with Crippen molar-refractivity contribution in [2.45, 2.75) is 88.3 Å². The number of hydrogen-bond acceptors (Lipinski definition) is 22. The van der Waals surface area contributed by atoms with Crippen molar-refractivity contribution in [3.05, 3.63) is 150 Å². The van der Waals surface area contributed by atoms with Crippen LogP contribution in [0, 0.1) is 33.1 Å². The van der Waals surface area contributed by atoms with E-state index in [-0.39, 0.29) is 70.6 Å². The van der Waals surface area contributed by atoms with Gasteiger partial charge < -0.3 is 52.9 Å². The fraction of sp³-hybridized carbons (Fsp3) is 0.406. The molecule has 2 amide bonds. The van der Waals surface area contributed by atoms with Crippen LogP contribution in [0.4, 0.5) is 35.9 Å². The van der Waals surface area contributed by atoms with Gasteiger partial charge >= 0.3 is 24.1 Å². The number of nitro benzene ring substituents is 2. The molecule has 1 fully saturated rings. The van der Waals surface area contributed by atoms with Crippen LogP contribution in [0.5, 0.6) is 17.2 Å². The zero-order valence-electron chi connectivity index (χ0n) is 56.5. The van der Waals surface area contributed by atoms with Crippen LogP contribution in [0.25, 0.3) is 0 Å². The number of Topliss-reactive ketones (excluding diaryl/α,β-unsaturated/α-hetero) is 3. The molecule has 28 nitrogen and oxygen atoms in total. The van der Waals surface area contributed by atoms with Crippen LogP contribution in [0.3, 0.4) is 0 Å². The number of carboxylic acids is 1. The molecule has 0 aromatic heterocycles. The van der Waals surface area contributed by atoms with Gasteiger partial charge in [-0.2, -0.15) is 13.2 Å². The fourth-order valence-corrected chi connectivity index (χ4v) is 10.6. The SMILES string of the molecule is CC1COc2ccccc2N1C(=O)C(Cl)Cl.CCOC(=O)COC(=O)c1cc(Oc2ccc(C(F)(F)F)cc2Cl)ccc1[N+](=O)[O-].CCc1cccc(C)c1N(C(=O)CCl)C(C)COC.CS(=O)(=O)c1ccc(C(=O)C2C(=O)CCCC2=O)c([N+](=O)[O-])c1.C[S+](C)C.O=C(O)CNCP(=O)([O-])O. The molecule has 2 aliphatic rings. The second-order valence-corrected chi connectivity index (χ2v) is 29.8. The quantitative estimate of drug-likeness (QED) is 0.00847. The summed E-state index contributed by atoms with van der Waals surface area (Å²) in [6, 6.07) is 21.5. The summed E-state index contributed by atoms with van der Waals surface area (Å²) >= 11 is 22.8. The van der Waals surface area contributed by atoms with E-state index in [0.717, 1.165) is 83.7 Å². The molecule has 102 heavy (non-hydrogen) atoms. The predicted molar refractivity (Wildman–Crippen MR) is 374 cm³/mol. The Hall–Kier alpha value is -7.82. The smallest absolute Gasteiger partial charge is 0.416 e. The summed E-state index contributed by atoms with van der Waals surface area (Å²) in [6.07, 6.45) is 3.51. The Bertz CT molecular complexity index is 3950. The zero-order valence-corrected chi connectivity index (χ0v) is 62.0. The number of sulfone groups is 1. The van der Waals surface area contributed by atoms with E-state index in [1.165, 1.54) is 6.92 Å². The molecule has 0 spiro atoms. The van der Waals surface area contributed by atoms with E-state index in [2.05, 4.69) is 36.5 Å². The lowest BCUT2D eigenvalue weighted by Gasteiger charge is -2.35. The number of nitrogens with zero attached hydrogens (tertiary/aromatic N) is 4. The number of esters is 2. The number of fused-ring (bicyclic) bond motifs is 1. The molecule has 3 atom stereocenters. The molecule has 38 heteroatoms. The minimum absolute atomic E-state index is 0.0223. The van der Waals surface area contributed by atoms with Crippen molar-refractivity contribution in [2.75, 3.05) is 87.1 Å². The third kappa shape index (κ3) is 29.5. The van der Waals surface area contributed by atoms with Crippen LogP contribution >= 0.6 is 54.0 Å². The lowest BCUT2D eigenvalue weighted by molar-refractivity contribution is -0.385. The minimum atomic E-state index is -4.61. The summed E-state index contributed by atoms with van der Waals surface area (Å²) in [5.74, 6) is -6.88. The normalized spacial score (nSPS) is 14.2. The van der Waals surface area contributed by atoms with E-state index in [4.69, 9.17) is 75.4 Å². The highest BCUT2D eigenvalue weighted by Gasteiger charge is 2.40. The Morgan fingerprint density at radius 1 is 0.892 bits per heavy atom. The lowest BCUT2D eigenvalue weighted by Crippen LogP contribution is -2.47. The van der Waals surface area contributed by atoms with Crippen LogP contribution < -0.4 is 29.5 Å². The number of alkyl halides is 6. The molecule has 7 rings (SSSR count). The van der Waals surface area contributed by atoms with E-state index < -0.39 is 127 Å². The topological polar surface area (TPSA) is 402 Å². The van der Waals surface area contributed by atoms with E-state index in [0.29, 0.717) is 42.3 Å². The number of rotatable bonds is 22. The van der Waals surface area contributed by atoms with Gasteiger partial charge in [-0.05, 0) is 111 Å². The van der Waals surface area contributed by atoms with E-state index in [1.54, 1.807) is 16.9 Å². The molecule has 1 aliphatic carbocycles. The van der Waals surface area contributed by atoms with Gasteiger partial charge in [0.15, 0.2) is 38.6 Å². The van der Waals surface area contributed by atoms with Crippen LogP contribution in [0.15, 0.2) is 102 Å². The number of aryl methyl sites for hydroxylation is 2. The number of ether oxygens (including phenoxy) is 5. The van der Waals surface area contributed by atoms with E-state index in [9.17, 15) is 89.6 Å². The standard InChI is InChI=1S/C18H13ClF3NO7.C15H22ClNO2.C14H13NO7S.C11H11Cl2NO2.C3H8NO5P.C3H9S/c1-2-28-16(24)9-29-17(25)12-8-11(4-5-14(12)23(26)27)30-15-6-3-10(7-13(15)19)18(20,21)22;1-5-13-8-6-7-11(2)15(13)17(14(18)9-16)12(3)10-19-4;1-23(21,22)8-5-6-9(10(7-8)15(19)20)14(18)13-11(16)3-2-4-12(13)17;1-7-6-16-9-5-3-2-4-8(9)14(7)11(15)10(12)13;5-3(6)1-4-2-10(7,8)9;1-4(2)3/h3-8H,2,9H2,1H3;6-8,12H,5,9-10H2,1-4H3;5-7,13H,2-4H2,1H3;2-5,7,10H,6H2,1H3;4H,1-2H2,(H,5,6)(H2,7,8,9);1-3H3/q;;;;;+1/p-1. The molecule has 5 aromatic rings. The van der Waals surface area contributed by atoms with Crippen molar-refractivity contribution < 1.29 is 113 Å². The number of hydrogen-bond donors (Lipinski definition) is 3. The first-order valence-corrected chi connectivity index (χ1v) is 37.8. The van der Waals surface area contributed by atoms with Gasteiger partial charge in [-0.3, -0.25) is 54.3 Å². The van der Waals surface area contributed by atoms with Gasteiger partial charge in [-0.1, -0.05) is 72.1 Å². The molecule has 5 aromatic carbocycles. The minimum Gasteiger partial charge on any atom is -0.778 e. The maximum atomic E-state index is 12.7. The first kappa shape index (κ1) is 90.3. The summed E-state index contributed by atoms with van der Waals surface area (Å²) in [7, 11) is -5.77. The summed E-state index contributed by atoms with van der Waals surface area (Å²) < 4.78 is 96.4. The third-order valence-electron chi connectivity index (χ3n) is 13.3.